The van der Waals surface area contributed by atoms with Crippen LogP contribution in [0.2, 0.25) is 0 Å². The Morgan fingerprint density at radius 3 is 2.48 bits per heavy atom. The summed E-state index contributed by atoms with van der Waals surface area (Å²) < 4.78 is 12.9. The van der Waals surface area contributed by atoms with Crippen molar-refractivity contribution < 1.29 is 9.18 Å². The lowest BCUT2D eigenvalue weighted by atomic mass is 10.2. The smallest absolute Gasteiger partial charge is 0.276 e. The van der Waals surface area contributed by atoms with E-state index in [0.29, 0.717) is 13.1 Å². The highest BCUT2D eigenvalue weighted by atomic mass is 19.1. The molecular weight excluding hydrogens is 269 g/mol. The van der Waals surface area contributed by atoms with Gasteiger partial charge in [-0.1, -0.05) is 19.1 Å². The SMILES string of the molecule is CCCN(C(=O)c1ccc(F)cn1)c1ccc(CN)cc1. The van der Waals surface area contributed by atoms with E-state index in [1.54, 1.807) is 4.90 Å². The number of pyridine rings is 1. The van der Waals surface area contributed by atoms with E-state index in [1.165, 1.54) is 12.1 Å². The molecule has 0 radical (unpaired) electrons. The lowest BCUT2D eigenvalue weighted by Crippen LogP contribution is -2.32. The normalized spacial score (nSPS) is 10.4. The molecule has 0 bridgehead atoms. The fourth-order valence-corrected chi connectivity index (χ4v) is 2.02. The number of rotatable bonds is 5. The average molecular weight is 287 g/mol. The van der Waals surface area contributed by atoms with Crippen LogP contribution in [0.15, 0.2) is 42.6 Å². The number of nitrogens with two attached hydrogens (primary N) is 1. The van der Waals surface area contributed by atoms with Crippen molar-refractivity contribution in [1.82, 2.24) is 4.98 Å². The minimum atomic E-state index is -0.458. The first kappa shape index (κ1) is 15.1. The van der Waals surface area contributed by atoms with Crippen LogP contribution in [-0.4, -0.2) is 17.4 Å². The molecule has 1 aromatic carbocycles. The number of carbonyl (C=O) groups is 1. The molecule has 5 heteroatoms. The zero-order valence-electron chi connectivity index (χ0n) is 11.9. The monoisotopic (exact) mass is 287 g/mol. The summed E-state index contributed by atoms with van der Waals surface area (Å²) in [5.74, 6) is -0.696. The Balaban J connectivity index is 2.28. The topological polar surface area (TPSA) is 59.2 Å². The van der Waals surface area contributed by atoms with Gasteiger partial charge in [-0.15, -0.1) is 0 Å². The highest BCUT2D eigenvalue weighted by Crippen LogP contribution is 2.18. The number of nitrogens with zero attached hydrogens (tertiary/aromatic N) is 2. The van der Waals surface area contributed by atoms with Gasteiger partial charge in [0.2, 0.25) is 0 Å². The second-order valence-corrected chi connectivity index (χ2v) is 4.69. The van der Waals surface area contributed by atoms with E-state index in [4.69, 9.17) is 5.73 Å². The first-order chi connectivity index (χ1) is 10.2. The molecule has 0 spiro atoms. The van der Waals surface area contributed by atoms with Gasteiger partial charge in [0.05, 0.1) is 6.20 Å². The largest absolute Gasteiger partial charge is 0.326 e. The van der Waals surface area contributed by atoms with Gasteiger partial charge >= 0.3 is 0 Å². The number of halogens is 1. The fourth-order valence-electron chi connectivity index (χ4n) is 2.02. The maximum absolute atomic E-state index is 12.9. The van der Waals surface area contributed by atoms with Crippen molar-refractivity contribution in [1.29, 1.82) is 0 Å². The van der Waals surface area contributed by atoms with Gasteiger partial charge in [0.1, 0.15) is 11.5 Å². The van der Waals surface area contributed by atoms with Crippen molar-refractivity contribution in [2.24, 2.45) is 5.73 Å². The summed E-state index contributed by atoms with van der Waals surface area (Å²) in [7, 11) is 0. The van der Waals surface area contributed by atoms with E-state index < -0.39 is 5.82 Å². The van der Waals surface area contributed by atoms with E-state index in [-0.39, 0.29) is 11.6 Å². The maximum Gasteiger partial charge on any atom is 0.276 e. The molecule has 1 heterocycles. The van der Waals surface area contributed by atoms with Gasteiger partial charge < -0.3 is 10.6 Å². The summed E-state index contributed by atoms with van der Waals surface area (Å²) in [4.78, 5) is 18.0. The summed E-state index contributed by atoms with van der Waals surface area (Å²) in [6, 6.07) is 10.1. The Hall–Kier alpha value is -2.27. The van der Waals surface area contributed by atoms with Crippen LogP contribution in [0.1, 0.15) is 29.4 Å². The predicted octanol–water partition coefficient (Wildman–Crippen LogP) is 2.74. The van der Waals surface area contributed by atoms with E-state index in [1.807, 2.05) is 31.2 Å². The van der Waals surface area contributed by atoms with Crippen molar-refractivity contribution in [2.45, 2.75) is 19.9 Å². The Kier molecular flexibility index (Phi) is 5.00. The Bertz CT molecular complexity index is 596. The first-order valence-corrected chi connectivity index (χ1v) is 6.88. The summed E-state index contributed by atoms with van der Waals surface area (Å²) in [6.45, 7) is 3.02. The minimum absolute atomic E-state index is 0.229. The second kappa shape index (κ2) is 6.95. The molecule has 110 valence electrons. The summed E-state index contributed by atoms with van der Waals surface area (Å²) in [5, 5.41) is 0. The highest BCUT2D eigenvalue weighted by molar-refractivity contribution is 6.04. The number of carbonyl (C=O) groups excluding carboxylic acids is 1. The lowest BCUT2D eigenvalue weighted by Gasteiger charge is -2.22. The predicted molar refractivity (Wildman–Crippen MR) is 80.5 cm³/mol. The molecule has 4 nitrogen and oxygen atoms in total. The minimum Gasteiger partial charge on any atom is -0.326 e. The lowest BCUT2D eigenvalue weighted by molar-refractivity contribution is 0.0982. The van der Waals surface area contributed by atoms with E-state index in [9.17, 15) is 9.18 Å². The molecule has 2 aromatic rings. The molecule has 0 aliphatic heterocycles. The zero-order valence-corrected chi connectivity index (χ0v) is 11.9. The van der Waals surface area contributed by atoms with Gasteiger partial charge in [-0.25, -0.2) is 9.37 Å². The molecule has 0 aliphatic carbocycles. The third kappa shape index (κ3) is 3.64. The molecule has 2 rings (SSSR count). The molecule has 1 amide bonds. The van der Waals surface area contributed by atoms with Crippen molar-refractivity contribution in [3.8, 4) is 0 Å². The van der Waals surface area contributed by atoms with Gasteiger partial charge in [0, 0.05) is 18.8 Å². The molecular formula is C16H18FN3O. The van der Waals surface area contributed by atoms with Crippen molar-refractivity contribution in [2.75, 3.05) is 11.4 Å². The molecule has 0 saturated heterocycles. The third-order valence-electron chi connectivity index (χ3n) is 3.12. The Morgan fingerprint density at radius 1 is 1.24 bits per heavy atom. The molecule has 2 N–H and O–H groups in total. The zero-order chi connectivity index (χ0) is 15.2. The van der Waals surface area contributed by atoms with Gasteiger partial charge in [0.25, 0.3) is 5.91 Å². The van der Waals surface area contributed by atoms with Crippen molar-refractivity contribution in [3.05, 3.63) is 59.7 Å². The van der Waals surface area contributed by atoms with Crippen LogP contribution >= 0.6 is 0 Å². The first-order valence-electron chi connectivity index (χ1n) is 6.88. The van der Waals surface area contributed by atoms with Crippen molar-refractivity contribution in [3.63, 3.8) is 0 Å². The van der Waals surface area contributed by atoms with Crippen LogP contribution in [-0.2, 0) is 6.54 Å². The summed E-state index contributed by atoms with van der Waals surface area (Å²) in [6.07, 6.45) is 1.86. The highest BCUT2D eigenvalue weighted by Gasteiger charge is 2.18. The third-order valence-corrected chi connectivity index (χ3v) is 3.12. The molecule has 0 aliphatic rings. The quantitative estimate of drug-likeness (QED) is 0.920. The molecule has 21 heavy (non-hydrogen) atoms. The number of amides is 1. The maximum atomic E-state index is 12.9. The Morgan fingerprint density at radius 2 is 1.95 bits per heavy atom. The van der Waals surface area contributed by atoms with E-state index >= 15 is 0 Å². The molecule has 1 aromatic heterocycles. The van der Waals surface area contributed by atoms with Crippen LogP contribution in [0.25, 0.3) is 0 Å². The van der Waals surface area contributed by atoms with Gasteiger partial charge in [-0.3, -0.25) is 4.79 Å². The molecule has 0 fully saturated rings. The molecule has 0 atom stereocenters. The number of anilines is 1. The van der Waals surface area contributed by atoms with Crippen molar-refractivity contribution >= 4 is 11.6 Å². The number of benzene rings is 1. The number of hydrogen-bond donors (Lipinski definition) is 1. The second-order valence-electron chi connectivity index (χ2n) is 4.69. The van der Waals surface area contributed by atoms with Gasteiger partial charge in [-0.05, 0) is 36.2 Å². The van der Waals surface area contributed by atoms with Gasteiger partial charge in [-0.2, -0.15) is 0 Å². The van der Waals surface area contributed by atoms with Gasteiger partial charge in [0.15, 0.2) is 0 Å². The standard InChI is InChI=1S/C16H18FN3O/c1-2-9-20(14-6-3-12(10-18)4-7-14)16(21)15-8-5-13(17)11-19-15/h3-8,11H,2,9-10,18H2,1H3. The average Bonchev–Trinajstić information content (AvgIpc) is 2.53. The Labute approximate surface area is 123 Å². The van der Waals surface area contributed by atoms with Crippen LogP contribution in [0, 0.1) is 5.82 Å². The number of hydrogen-bond acceptors (Lipinski definition) is 3. The van der Waals surface area contributed by atoms with Crippen LogP contribution in [0.3, 0.4) is 0 Å². The van der Waals surface area contributed by atoms with Crippen LogP contribution in [0.5, 0.6) is 0 Å². The summed E-state index contributed by atoms with van der Waals surface area (Å²) in [5.41, 5.74) is 7.59. The molecule has 0 saturated carbocycles. The number of aromatic nitrogens is 1. The summed E-state index contributed by atoms with van der Waals surface area (Å²) >= 11 is 0. The van der Waals surface area contributed by atoms with Crippen LogP contribution in [0.4, 0.5) is 10.1 Å². The van der Waals surface area contributed by atoms with Crippen LogP contribution < -0.4 is 10.6 Å². The fraction of sp³-hybridized carbons (Fsp3) is 0.250. The van der Waals surface area contributed by atoms with E-state index in [0.717, 1.165) is 23.9 Å². The van der Waals surface area contributed by atoms with E-state index in [2.05, 4.69) is 4.98 Å². The molecule has 0 unspecified atom stereocenters.